The normalized spacial score (nSPS) is 23.6. The molecule has 3 rings (SSSR count). The molecule has 93 valence electrons. The fourth-order valence-electron chi connectivity index (χ4n) is 2.32. The van der Waals surface area contributed by atoms with Crippen LogP contribution in [0.15, 0.2) is 18.3 Å². The molecule has 0 amide bonds. The van der Waals surface area contributed by atoms with Crippen LogP contribution in [0.1, 0.15) is 17.7 Å². The third-order valence-corrected chi connectivity index (χ3v) is 3.23. The number of hydrogen-bond acceptors (Lipinski definition) is 3. The lowest BCUT2D eigenvalue weighted by Crippen LogP contribution is -2.32. The molecule has 1 saturated carbocycles. The number of pyridine rings is 1. The summed E-state index contributed by atoms with van der Waals surface area (Å²) < 4.78 is 11.4. The highest BCUT2D eigenvalue weighted by Gasteiger charge is 2.39. The van der Waals surface area contributed by atoms with Gasteiger partial charge >= 0.3 is 0 Å². The van der Waals surface area contributed by atoms with Gasteiger partial charge in [0.15, 0.2) is 6.29 Å². The molecule has 0 unspecified atom stereocenters. The lowest BCUT2D eigenvalue weighted by atomic mass is 9.87. The highest BCUT2D eigenvalue weighted by molar-refractivity contribution is 5.57. The van der Waals surface area contributed by atoms with Crippen LogP contribution in [0.2, 0.25) is 0 Å². The Bertz CT molecular complexity index is 401. The SMILES string of the molecule is Cc1ncccc1[C]1[CH][CH][CH][C]1C1OCCCO1. The molecule has 1 saturated heterocycles. The Hall–Kier alpha value is -0.930. The Morgan fingerprint density at radius 1 is 1.22 bits per heavy atom. The minimum Gasteiger partial charge on any atom is -0.352 e. The lowest BCUT2D eigenvalue weighted by molar-refractivity contribution is -0.165. The van der Waals surface area contributed by atoms with Crippen LogP contribution in [-0.2, 0) is 9.47 Å². The van der Waals surface area contributed by atoms with E-state index < -0.39 is 0 Å². The van der Waals surface area contributed by atoms with Gasteiger partial charge in [-0.3, -0.25) is 4.98 Å². The molecule has 3 heteroatoms. The van der Waals surface area contributed by atoms with E-state index in [0.29, 0.717) is 0 Å². The molecule has 2 heterocycles. The molecule has 0 aromatic carbocycles. The molecule has 18 heavy (non-hydrogen) atoms. The Morgan fingerprint density at radius 2 is 2.06 bits per heavy atom. The van der Waals surface area contributed by atoms with E-state index in [-0.39, 0.29) is 6.29 Å². The lowest BCUT2D eigenvalue weighted by Gasteiger charge is -2.31. The van der Waals surface area contributed by atoms with Crippen molar-refractivity contribution in [1.82, 2.24) is 4.98 Å². The van der Waals surface area contributed by atoms with Crippen molar-refractivity contribution in [2.75, 3.05) is 13.2 Å². The van der Waals surface area contributed by atoms with Crippen LogP contribution in [0.5, 0.6) is 0 Å². The van der Waals surface area contributed by atoms with Crippen LogP contribution < -0.4 is 0 Å². The molecular formula is C15H16NO2. The molecule has 0 spiro atoms. The Balaban J connectivity index is 1.80. The average Bonchev–Trinajstić information content (AvgIpc) is 2.89. The third-order valence-electron chi connectivity index (χ3n) is 3.23. The molecule has 3 nitrogen and oxygen atoms in total. The number of rotatable bonds is 2. The van der Waals surface area contributed by atoms with Gasteiger partial charge in [-0.1, -0.05) is 6.07 Å². The fraction of sp³-hybridized carbons (Fsp3) is 0.333. The molecule has 2 aliphatic rings. The van der Waals surface area contributed by atoms with E-state index in [0.717, 1.165) is 42.7 Å². The predicted octanol–water partition coefficient (Wildman–Crippen LogP) is 2.28. The Kier molecular flexibility index (Phi) is 3.62. The number of aromatic nitrogens is 1. The van der Waals surface area contributed by atoms with Crippen molar-refractivity contribution in [2.45, 2.75) is 19.6 Å². The summed E-state index contributed by atoms with van der Waals surface area (Å²) in [5.74, 6) is 2.26. The molecular weight excluding hydrogens is 226 g/mol. The number of aryl methyl sites for hydroxylation is 1. The monoisotopic (exact) mass is 242 g/mol. The van der Waals surface area contributed by atoms with Crippen molar-refractivity contribution in [2.24, 2.45) is 0 Å². The Labute approximate surface area is 109 Å². The summed E-state index contributed by atoms with van der Waals surface area (Å²) >= 11 is 0. The molecule has 1 aromatic heterocycles. The van der Waals surface area contributed by atoms with Crippen molar-refractivity contribution >= 4 is 0 Å². The van der Waals surface area contributed by atoms with Gasteiger partial charge in [0.1, 0.15) is 0 Å². The topological polar surface area (TPSA) is 31.4 Å². The summed E-state index contributed by atoms with van der Waals surface area (Å²) in [6, 6.07) is 4.05. The molecule has 0 bridgehead atoms. The van der Waals surface area contributed by atoms with Gasteiger partial charge in [0, 0.05) is 23.7 Å². The summed E-state index contributed by atoms with van der Waals surface area (Å²) in [7, 11) is 0. The van der Waals surface area contributed by atoms with Crippen LogP contribution in [0.25, 0.3) is 0 Å². The van der Waals surface area contributed by atoms with Gasteiger partial charge in [-0.15, -0.1) is 0 Å². The quantitative estimate of drug-likeness (QED) is 0.797. The van der Waals surface area contributed by atoms with Crippen molar-refractivity contribution in [3.8, 4) is 0 Å². The summed E-state index contributed by atoms with van der Waals surface area (Å²) in [6.07, 6.45) is 8.76. The molecule has 1 aromatic rings. The average molecular weight is 242 g/mol. The van der Waals surface area contributed by atoms with Crippen molar-refractivity contribution < 1.29 is 9.47 Å². The molecule has 0 N–H and O–H groups in total. The summed E-state index contributed by atoms with van der Waals surface area (Å²) in [6.45, 7) is 3.55. The van der Waals surface area contributed by atoms with E-state index in [1.165, 1.54) is 0 Å². The van der Waals surface area contributed by atoms with E-state index in [1.54, 1.807) is 0 Å². The standard InChI is InChI=1S/C15H16NO2/c1-11-12(7-3-8-16-11)13-5-2-6-14(13)15-17-9-4-10-18-15/h2-3,5-8,15H,4,9-10H2,1H3. The van der Waals surface area contributed by atoms with Gasteiger partial charge < -0.3 is 9.47 Å². The number of nitrogens with zero attached hydrogens (tertiary/aromatic N) is 1. The van der Waals surface area contributed by atoms with E-state index in [1.807, 2.05) is 25.6 Å². The summed E-state index contributed by atoms with van der Waals surface area (Å²) in [5.41, 5.74) is 2.18. The van der Waals surface area contributed by atoms with E-state index in [9.17, 15) is 0 Å². The third kappa shape index (κ3) is 2.29. The predicted molar refractivity (Wildman–Crippen MR) is 67.8 cm³/mol. The zero-order chi connectivity index (χ0) is 12.4. The van der Waals surface area contributed by atoms with Gasteiger partial charge in [0.05, 0.1) is 13.2 Å². The summed E-state index contributed by atoms with van der Waals surface area (Å²) in [4.78, 5) is 4.34. The maximum Gasteiger partial charge on any atom is 0.165 e. The van der Waals surface area contributed by atoms with Gasteiger partial charge in [-0.25, -0.2) is 0 Å². The van der Waals surface area contributed by atoms with Crippen molar-refractivity contribution in [3.63, 3.8) is 0 Å². The van der Waals surface area contributed by atoms with Gasteiger partial charge in [0.25, 0.3) is 0 Å². The first-order valence-corrected chi connectivity index (χ1v) is 6.27. The highest BCUT2D eigenvalue weighted by Crippen LogP contribution is 2.42. The van der Waals surface area contributed by atoms with Gasteiger partial charge in [-0.2, -0.15) is 0 Å². The second-order valence-electron chi connectivity index (χ2n) is 4.46. The van der Waals surface area contributed by atoms with E-state index in [4.69, 9.17) is 9.47 Å². The van der Waals surface area contributed by atoms with Crippen molar-refractivity contribution in [3.05, 3.63) is 60.7 Å². The molecule has 5 radical (unpaired) electrons. The summed E-state index contributed by atoms with van der Waals surface area (Å²) in [5, 5.41) is 0. The van der Waals surface area contributed by atoms with Gasteiger partial charge in [0.2, 0.25) is 0 Å². The minimum absolute atomic E-state index is 0.233. The molecule has 1 aliphatic carbocycles. The second kappa shape index (κ2) is 5.37. The van der Waals surface area contributed by atoms with Gasteiger partial charge in [-0.05, 0) is 44.2 Å². The minimum atomic E-state index is -0.233. The van der Waals surface area contributed by atoms with Crippen LogP contribution in [0.3, 0.4) is 0 Å². The van der Waals surface area contributed by atoms with Crippen LogP contribution in [0, 0.1) is 38.0 Å². The maximum absolute atomic E-state index is 5.68. The highest BCUT2D eigenvalue weighted by atomic mass is 16.7. The largest absolute Gasteiger partial charge is 0.352 e. The maximum atomic E-state index is 5.68. The zero-order valence-corrected chi connectivity index (χ0v) is 10.4. The van der Waals surface area contributed by atoms with Crippen LogP contribution in [-0.4, -0.2) is 24.5 Å². The molecule has 2 fully saturated rings. The second-order valence-corrected chi connectivity index (χ2v) is 4.46. The molecule has 1 aliphatic heterocycles. The molecule has 0 atom stereocenters. The van der Waals surface area contributed by atoms with E-state index in [2.05, 4.69) is 23.9 Å². The van der Waals surface area contributed by atoms with Crippen LogP contribution >= 0.6 is 0 Å². The van der Waals surface area contributed by atoms with Crippen molar-refractivity contribution in [1.29, 1.82) is 0 Å². The first-order valence-electron chi connectivity index (χ1n) is 6.27. The zero-order valence-electron chi connectivity index (χ0n) is 10.4. The number of hydrogen-bond donors (Lipinski definition) is 0. The first kappa shape index (κ1) is 12.1. The fourth-order valence-corrected chi connectivity index (χ4v) is 2.32. The van der Waals surface area contributed by atoms with E-state index >= 15 is 0 Å². The number of ether oxygens (including phenoxy) is 2. The Morgan fingerprint density at radius 3 is 2.83 bits per heavy atom. The first-order chi connectivity index (χ1) is 8.86. The van der Waals surface area contributed by atoms with Crippen LogP contribution in [0.4, 0.5) is 0 Å². The smallest absolute Gasteiger partial charge is 0.165 e.